The van der Waals surface area contributed by atoms with E-state index in [1.54, 1.807) is 0 Å². The Bertz CT molecular complexity index is 506. The number of rotatable bonds is 8. The Morgan fingerprint density at radius 2 is 1.80 bits per heavy atom. The lowest BCUT2D eigenvalue weighted by Gasteiger charge is -2.18. The molecule has 0 spiro atoms. The standard InChI is InChI=1S/C15H26N2O2S/c1-5-17(20(4,18)19)11-7-10-16-12-15-13(2)8-6-9-14(15)3/h6,8-9,16H,5,7,10-12H2,1-4H3. The van der Waals surface area contributed by atoms with Gasteiger partial charge in [-0.2, -0.15) is 0 Å². The lowest BCUT2D eigenvalue weighted by Crippen LogP contribution is -2.32. The second kappa shape index (κ2) is 7.76. The van der Waals surface area contributed by atoms with Crippen LogP contribution in [-0.2, 0) is 16.6 Å². The first-order valence-corrected chi connectivity index (χ1v) is 8.92. The fourth-order valence-corrected chi connectivity index (χ4v) is 3.21. The van der Waals surface area contributed by atoms with Crippen molar-refractivity contribution in [2.45, 2.75) is 33.7 Å². The van der Waals surface area contributed by atoms with Gasteiger partial charge < -0.3 is 5.32 Å². The molecule has 4 nitrogen and oxygen atoms in total. The largest absolute Gasteiger partial charge is 0.313 e. The number of nitrogens with zero attached hydrogens (tertiary/aromatic N) is 1. The van der Waals surface area contributed by atoms with Gasteiger partial charge >= 0.3 is 0 Å². The minimum atomic E-state index is -3.06. The second-order valence-corrected chi connectivity index (χ2v) is 7.14. The van der Waals surface area contributed by atoms with Crippen molar-refractivity contribution in [1.82, 2.24) is 9.62 Å². The van der Waals surface area contributed by atoms with E-state index in [0.29, 0.717) is 13.1 Å². The molecule has 0 radical (unpaired) electrons. The molecule has 1 N–H and O–H groups in total. The third-order valence-corrected chi connectivity index (χ3v) is 4.91. The third-order valence-electron chi connectivity index (χ3n) is 3.53. The quantitative estimate of drug-likeness (QED) is 0.747. The van der Waals surface area contributed by atoms with Crippen LogP contribution in [0.25, 0.3) is 0 Å². The molecule has 0 aliphatic carbocycles. The molecule has 5 heteroatoms. The van der Waals surface area contributed by atoms with Crippen LogP contribution in [-0.4, -0.2) is 38.6 Å². The molecule has 114 valence electrons. The number of hydrogen-bond acceptors (Lipinski definition) is 3. The highest BCUT2D eigenvalue weighted by Crippen LogP contribution is 2.12. The molecular weight excluding hydrogens is 272 g/mol. The van der Waals surface area contributed by atoms with Gasteiger partial charge in [0.05, 0.1) is 6.26 Å². The molecule has 0 aromatic heterocycles. The lowest BCUT2D eigenvalue weighted by atomic mass is 10.0. The van der Waals surface area contributed by atoms with Gasteiger partial charge in [-0.05, 0) is 43.5 Å². The van der Waals surface area contributed by atoms with Gasteiger partial charge in [0.2, 0.25) is 10.0 Å². The van der Waals surface area contributed by atoms with Gasteiger partial charge in [-0.1, -0.05) is 25.1 Å². The summed E-state index contributed by atoms with van der Waals surface area (Å²) in [5.74, 6) is 0. The zero-order valence-electron chi connectivity index (χ0n) is 12.9. The number of benzene rings is 1. The maximum Gasteiger partial charge on any atom is 0.211 e. The van der Waals surface area contributed by atoms with E-state index in [1.165, 1.54) is 27.3 Å². The summed E-state index contributed by atoms with van der Waals surface area (Å²) in [4.78, 5) is 0. The molecule has 0 atom stereocenters. The van der Waals surface area contributed by atoms with E-state index in [4.69, 9.17) is 0 Å². The third kappa shape index (κ3) is 5.23. The summed E-state index contributed by atoms with van der Waals surface area (Å²) in [5, 5.41) is 3.39. The summed E-state index contributed by atoms with van der Waals surface area (Å²) in [6, 6.07) is 6.30. The first-order valence-electron chi connectivity index (χ1n) is 7.07. The van der Waals surface area contributed by atoms with Crippen molar-refractivity contribution >= 4 is 10.0 Å². The summed E-state index contributed by atoms with van der Waals surface area (Å²) < 4.78 is 24.4. The molecule has 0 saturated carbocycles. The molecule has 1 aromatic carbocycles. The molecule has 1 aromatic rings. The Morgan fingerprint density at radius 3 is 2.30 bits per heavy atom. The summed E-state index contributed by atoms with van der Waals surface area (Å²) in [6.45, 7) is 8.87. The molecule has 0 bridgehead atoms. The van der Waals surface area contributed by atoms with Crippen molar-refractivity contribution < 1.29 is 8.42 Å². The average molecular weight is 298 g/mol. The normalized spacial score (nSPS) is 12.1. The van der Waals surface area contributed by atoms with Gasteiger partial charge in [-0.25, -0.2) is 12.7 Å². The Labute approximate surface area is 123 Å². The van der Waals surface area contributed by atoms with Crippen LogP contribution in [0, 0.1) is 13.8 Å². The van der Waals surface area contributed by atoms with Crippen molar-refractivity contribution in [2.24, 2.45) is 0 Å². The van der Waals surface area contributed by atoms with E-state index in [-0.39, 0.29) is 0 Å². The molecule has 0 aliphatic rings. The van der Waals surface area contributed by atoms with E-state index >= 15 is 0 Å². The maximum atomic E-state index is 11.4. The fourth-order valence-electron chi connectivity index (χ4n) is 2.28. The topological polar surface area (TPSA) is 49.4 Å². The molecule has 20 heavy (non-hydrogen) atoms. The highest BCUT2D eigenvalue weighted by atomic mass is 32.2. The van der Waals surface area contributed by atoms with Crippen LogP contribution < -0.4 is 5.32 Å². The van der Waals surface area contributed by atoms with Crippen molar-refractivity contribution in [3.05, 3.63) is 34.9 Å². The van der Waals surface area contributed by atoms with Gasteiger partial charge in [-0.3, -0.25) is 0 Å². The van der Waals surface area contributed by atoms with Crippen molar-refractivity contribution in [2.75, 3.05) is 25.9 Å². The minimum Gasteiger partial charge on any atom is -0.313 e. The van der Waals surface area contributed by atoms with Gasteiger partial charge in [0.1, 0.15) is 0 Å². The predicted molar refractivity (Wildman–Crippen MR) is 84.3 cm³/mol. The van der Waals surface area contributed by atoms with Crippen LogP contribution in [0.1, 0.15) is 30.0 Å². The van der Waals surface area contributed by atoms with Gasteiger partial charge in [-0.15, -0.1) is 0 Å². The van der Waals surface area contributed by atoms with Crippen molar-refractivity contribution in [1.29, 1.82) is 0 Å². The van der Waals surface area contributed by atoms with Gasteiger partial charge in [0.25, 0.3) is 0 Å². The maximum absolute atomic E-state index is 11.4. The number of nitrogens with one attached hydrogen (secondary N) is 1. The first kappa shape index (κ1) is 17.1. The fraction of sp³-hybridized carbons (Fsp3) is 0.600. The number of hydrogen-bond donors (Lipinski definition) is 1. The highest BCUT2D eigenvalue weighted by Gasteiger charge is 2.12. The SMILES string of the molecule is CCN(CCCNCc1c(C)cccc1C)S(C)(=O)=O. The van der Waals surface area contributed by atoms with Gasteiger partial charge in [0.15, 0.2) is 0 Å². The summed E-state index contributed by atoms with van der Waals surface area (Å²) in [6.07, 6.45) is 2.09. The predicted octanol–water partition coefficient (Wildman–Crippen LogP) is 2.06. The molecule has 0 heterocycles. The Hall–Kier alpha value is -0.910. The average Bonchev–Trinajstić information content (AvgIpc) is 2.35. The molecule has 0 amide bonds. The van der Waals surface area contributed by atoms with Crippen LogP contribution in [0.4, 0.5) is 0 Å². The number of sulfonamides is 1. The molecule has 1 rings (SSSR count). The molecule has 0 saturated heterocycles. The van der Waals surface area contributed by atoms with Crippen LogP contribution in [0.5, 0.6) is 0 Å². The van der Waals surface area contributed by atoms with E-state index < -0.39 is 10.0 Å². The van der Waals surface area contributed by atoms with Crippen LogP contribution in [0.2, 0.25) is 0 Å². The van der Waals surface area contributed by atoms with E-state index in [2.05, 4.69) is 37.4 Å². The van der Waals surface area contributed by atoms with Crippen LogP contribution in [0.3, 0.4) is 0 Å². The van der Waals surface area contributed by atoms with E-state index in [0.717, 1.165) is 19.5 Å². The summed E-state index contributed by atoms with van der Waals surface area (Å²) >= 11 is 0. The number of aryl methyl sites for hydroxylation is 2. The minimum absolute atomic E-state index is 0.537. The van der Waals surface area contributed by atoms with Crippen molar-refractivity contribution in [3.8, 4) is 0 Å². The Balaban J connectivity index is 2.36. The van der Waals surface area contributed by atoms with Crippen molar-refractivity contribution in [3.63, 3.8) is 0 Å². The molecule has 0 fully saturated rings. The highest BCUT2D eigenvalue weighted by molar-refractivity contribution is 7.88. The molecule has 0 unspecified atom stereocenters. The summed E-state index contributed by atoms with van der Waals surface area (Å²) in [7, 11) is -3.06. The Kier molecular flexibility index (Phi) is 6.65. The first-order chi connectivity index (χ1) is 9.36. The zero-order chi connectivity index (χ0) is 15.2. The Morgan fingerprint density at radius 1 is 1.20 bits per heavy atom. The van der Waals surface area contributed by atoms with E-state index in [1.807, 2.05) is 6.92 Å². The summed E-state index contributed by atoms with van der Waals surface area (Å²) in [5.41, 5.74) is 3.93. The molecular formula is C15H26N2O2S. The zero-order valence-corrected chi connectivity index (χ0v) is 13.8. The smallest absolute Gasteiger partial charge is 0.211 e. The van der Waals surface area contributed by atoms with Crippen LogP contribution >= 0.6 is 0 Å². The van der Waals surface area contributed by atoms with E-state index in [9.17, 15) is 8.42 Å². The second-order valence-electron chi connectivity index (χ2n) is 5.16. The monoisotopic (exact) mass is 298 g/mol. The lowest BCUT2D eigenvalue weighted by molar-refractivity contribution is 0.419. The van der Waals surface area contributed by atoms with Gasteiger partial charge in [0, 0.05) is 19.6 Å². The van der Waals surface area contributed by atoms with Crippen LogP contribution in [0.15, 0.2) is 18.2 Å². The molecule has 0 aliphatic heterocycles.